The van der Waals surface area contributed by atoms with Crippen molar-refractivity contribution >= 4 is 21.8 Å². The van der Waals surface area contributed by atoms with Crippen molar-refractivity contribution < 1.29 is 37.0 Å². The van der Waals surface area contributed by atoms with Crippen molar-refractivity contribution in [2.24, 2.45) is 0 Å². The summed E-state index contributed by atoms with van der Waals surface area (Å²) in [5, 5.41) is 0. The third kappa shape index (κ3) is 3.28. The lowest BCUT2D eigenvalue weighted by Crippen LogP contribution is -2.33. The van der Waals surface area contributed by atoms with Crippen LogP contribution in [0.1, 0.15) is 25.8 Å². The molecule has 152 valence electrons. The molecule has 0 spiro atoms. The Morgan fingerprint density at radius 1 is 1.18 bits per heavy atom. The van der Waals surface area contributed by atoms with Crippen LogP contribution in [-0.2, 0) is 34.7 Å². The van der Waals surface area contributed by atoms with E-state index in [1.54, 1.807) is 18.2 Å². The number of ketones is 1. The Balaban J connectivity index is 2.11. The molecule has 3 rings (SSSR count). The Bertz CT molecular complexity index is 946. The Hall–Kier alpha value is -2.75. The number of sulfonamides is 1. The molecule has 0 aromatic heterocycles. The van der Waals surface area contributed by atoms with E-state index in [9.17, 15) is 18.0 Å². The van der Waals surface area contributed by atoms with E-state index >= 15 is 0 Å². The average Bonchev–Trinajstić information content (AvgIpc) is 3.12. The van der Waals surface area contributed by atoms with E-state index in [2.05, 4.69) is 0 Å². The Morgan fingerprint density at radius 2 is 1.79 bits per heavy atom. The number of benzene rings is 1. The van der Waals surface area contributed by atoms with Crippen molar-refractivity contribution in [3.8, 4) is 11.5 Å². The minimum absolute atomic E-state index is 0.0783. The van der Waals surface area contributed by atoms with E-state index in [-0.39, 0.29) is 18.2 Å². The maximum absolute atomic E-state index is 13.2. The third-order valence-corrected chi connectivity index (χ3v) is 6.43. The van der Waals surface area contributed by atoms with Gasteiger partial charge < -0.3 is 18.9 Å². The second-order valence-corrected chi connectivity index (χ2v) is 8.55. The number of methoxy groups -OCH3 is 2. The van der Waals surface area contributed by atoms with Crippen molar-refractivity contribution in [3.63, 3.8) is 0 Å². The molecule has 1 aromatic rings. The standard InChI is InChI=1S/C18H21NO8S/c1-11(20)26-15-16(21)18(2,12-8-13(24-3)10-14(9-12)25-4)27-17(15)19-6-5-7-28(19,22)23/h8-10H,5-7H2,1-4H3. The second kappa shape index (κ2) is 7.01. The van der Waals surface area contributed by atoms with Gasteiger partial charge in [-0.25, -0.2) is 12.7 Å². The molecule has 9 nitrogen and oxygen atoms in total. The molecule has 1 atom stereocenters. The summed E-state index contributed by atoms with van der Waals surface area (Å²) in [7, 11) is -0.741. The number of carbonyl (C=O) groups excluding carboxylic acids is 2. The zero-order valence-electron chi connectivity index (χ0n) is 16.0. The van der Waals surface area contributed by atoms with Crippen LogP contribution in [-0.4, -0.2) is 51.0 Å². The minimum Gasteiger partial charge on any atom is -0.497 e. The quantitative estimate of drug-likeness (QED) is 0.667. The summed E-state index contributed by atoms with van der Waals surface area (Å²) in [6, 6.07) is 4.78. The van der Waals surface area contributed by atoms with Gasteiger partial charge in [-0.1, -0.05) is 0 Å². The number of carbonyl (C=O) groups is 2. The van der Waals surface area contributed by atoms with E-state index in [1.165, 1.54) is 21.1 Å². The number of esters is 1. The predicted molar refractivity (Wildman–Crippen MR) is 96.9 cm³/mol. The highest BCUT2D eigenvalue weighted by molar-refractivity contribution is 7.89. The Kier molecular flexibility index (Phi) is 5.00. The van der Waals surface area contributed by atoms with Gasteiger partial charge in [-0.2, -0.15) is 0 Å². The van der Waals surface area contributed by atoms with Crippen LogP contribution >= 0.6 is 0 Å². The number of rotatable bonds is 5. The van der Waals surface area contributed by atoms with Crippen LogP contribution < -0.4 is 9.47 Å². The molecule has 0 bridgehead atoms. The first-order valence-electron chi connectivity index (χ1n) is 8.53. The normalized spacial score (nSPS) is 23.6. The second-order valence-electron chi connectivity index (χ2n) is 6.54. The van der Waals surface area contributed by atoms with Crippen LogP contribution in [0, 0.1) is 0 Å². The Morgan fingerprint density at radius 3 is 2.25 bits per heavy atom. The summed E-state index contributed by atoms with van der Waals surface area (Å²) in [5.41, 5.74) is -1.26. The molecule has 1 saturated heterocycles. The smallest absolute Gasteiger partial charge is 0.308 e. The molecule has 1 fully saturated rings. The first-order chi connectivity index (χ1) is 13.1. The maximum atomic E-state index is 13.2. The number of ether oxygens (including phenoxy) is 4. The van der Waals surface area contributed by atoms with Gasteiger partial charge in [0.05, 0.1) is 20.0 Å². The van der Waals surface area contributed by atoms with Crippen LogP contribution in [0.2, 0.25) is 0 Å². The zero-order chi connectivity index (χ0) is 20.7. The molecule has 0 N–H and O–H groups in total. The molecule has 0 amide bonds. The fourth-order valence-electron chi connectivity index (χ4n) is 3.14. The SMILES string of the molecule is COc1cc(OC)cc(C2(C)OC(N3CCCS3(=O)=O)=C(OC(C)=O)C2=O)c1. The van der Waals surface area contributed by atoms with Gasteiger partial charge in [-0.3, -0.25) is 9.59 Å². The molecule has 0 saturated carbocycles. The van der Waals surface area contributed by atoms with Gasteiger partial charge in [-0.15, -0.1) is 0 Å². The summed E-state index contributed by atoms with van der Waals surface area (Å²) in [6.07, 6.45) is 0.375. The average molecular weight is 411 g/mol. The van der Waals surface area contributed by atoms with Gasteiger partial charge in [0.2, 0.25) is 15.8 Å². The van der Waals surface area contributed by atoms with E-state index in [4.69, 9.17) is 18.9 Å². The molecule has 1 aromatic carbocycles. The molecule has 2 aliphatic heterocycles. The van der Waals surface area contributed by atoms with Gasteiger partial charge in [0.25, 0.3) is 11.7 Å². The summed E-state index contributed by atoms with van der Waals surface area (Å²) in [5.74, 6) is -1.37. The van der Waals surface area contributed by atoms with Crippen molar-refractivity contribution in [2.75, 3.05) is 26.5 Å². The maximum Gasteiger partial charge on any atom is 0.308 e. The topological polar surface area (TPSA) is 108 Å². The molecule has 1 unspecified atom stereocenters. The molecular formula is C18H21NO8S. The number of Topliss-reactive ketones (excluding diaryl/α,β-unsaturated/α-hetero) is 1. The van der Waals surface area contributed by atoms with Gasteiger partial charge in [0.1, 0.15) is 11.5 Å². The molecule has 10 heteroatoms. The minimum atomic E-state index is -3.66. The van der Waals surface area contributed by atoms with Gasteiger partial charge in [-0.05, 0) is 25.5 Å². The lowest BCUT2D eigenvalue weighted by molar-refractivity contribution is -0.142. The summed E-state index contributed by atoms with van der Waals surface area (Å²) in [4.78, 5) is 24.7. The zero-order valence-corrected chi connectivity index (χ0v) is 16.8. The molecular weight excluding hydrogens is 390 g/mol. The number of nitrogens with zero attached hydrogens (tertiary/aromatic N) is 1. The Labute approximate surface area is 162 Å². The first-order valence-corrected chi connectivity index (χ1v) is 10.1. The van der Waals surface area contributed by atoms with Crippen molar-refractivity contribution in [3.05, 3.63) is 35.4 Å². The van der Waals surface area contributed by atoms with Crippen LogP contribution in [0.25, 0.3) is 0 Å². The predicted octanol–water partition coefficient (Wildman–Crippen LogP) is 1.29. The molecule has 2 aliphatic rings. The van der Waals surface area contributed by atoms with Crippen molar-refractivity contribution in [1.29, 1.82) is 0 Å². The highest BCUT2D eigenvalue weighted by atomic mass is 32.2. The van der Waals surface area contributed by atoms with Crippen molar-refractivity contribution in [2.45, 2.75) is 25.9 Å². The van der Waals surface area contributed by atoms with E-state index in [1.807, 2.05) is 0 Å². The van der Waals surface area contributed by atoms with E-state index in [0.717, 1.165) is 11.2 Å². The first kappa shape index (κ1) is 20.0. The summed E-state index contributed by atoms with van der Waals surface area (Å²) < 4.78 is 47.1. The van der Waals surface area contributed by atoms with Crippen LogP contribution in [0.3, 0.4) is 0 Å². The van der Waals surface area contributed by atoms with Crippen molar-refractivity contribution in [1.82, 2.24) is 4.31 Å². The third-order valence-electron chi connectivity index (χ3n) is 4.61. The van der Waals surface area contributed by atoms with Gasteiger partial charge in [0.15, 0.2) is 5.60 Å². The molecule has 28 heavy (non-hydrogen) atoms. The van der Waals surface area contributed by atoms with Crippen LogP contribution in [0.5, 0.6) is 11.5 Å². The molecule has 2 heterocycles. The largest absolute Gasteiger partial charge is 0.497 e. The highest BCUT2D eigenvalue weighted by Gasteiger charge is 2.53. The fourth-order valence-corrected chi connectivity index (χ4v) is 4.63. The monoisotopic (exact) mass is 411 g/mol. The van der Waals surface area contributed by atoms with E-state index < -0.39 is 33.1 Å². The molecule has 0 radical (unpaired) electrons. The van der Waals surface area contributed by atoms with Crippen LogP contribution in [0.15, 0.2) is 29.8 Å². The van der Waals surface area contributed by atoms with Gasteiger partial charge >= 0.3 is 5.97 Å². The fraction of sp³-hybridized carbons (Fsp3) is 0.444. The molecule has 0 aliphatic carbocycles. The van der Waals surface area contributed by atoms with Crippen LogP contribution in [0.4, 0.5) is 0 Å². The summed E-state index contributed by atoms with van der Waals surface area (Å²) in [6.45, 7) is 2.73. The highest BCUT2D eigenvalue weighted by Crippen LogP contribution is 2.44. The number of hydrogen-bond acceptors (Lipinski definition) is 8. The lowest BCUT2D eigenvalue weighted by Gasteiger charge is -2.26. The summed E-state index contributed by atoms with van der Waals surface area (Å²) >= 11 is 0. The lowest BCUT2D eigenvalue weighted by atomic mass is 9.91. The van der Waals surface area contributed by atoms with E-state index in [0.29, 0.717) is 23.5 Å². The van der Waals surface area contributed by atoms with Gasteiger partial charge in [0, 0.05) is 25.1 Å². The number of hydrogen-bond donors (Lipinski definition) is 0.